The maximum atomic E-state index is 5.47. The standard InChI is InChI=1S/C18H22N4OS/c1-13(2)16-11-14(23-19-16)12-21-7-9-22(10-8-21)18-15-5-3-4-6-17(15)24-20-18/h3-6,11,13H,7-10,12H2,1-2H3. The summed E-state index contributed by atoms with van der Waals surface area (Å²) in [4.78, 5) is 4.82. The minimum Gasteiger partial charge on any atom is -0.360 e. The van der Waals surface area contributed by atoms with Crippen LogP contribution in [0.3, 0.4) is 0 Å². The summed E-state index contributed by atoms with van der Waals surface area (Å²) < 4.78 is 11.4. The molecule has 1 saturated heterocycles. The normalized spacial score (nSPS) is 16.4. The lowest BCUT2D eigenvalue weighted by molar-refractivity contribution is 0.219. The van der Waals surface area contributed by atoms with E-state index in [0.29, 0.717) is 5.92 Å². The van der Waals surface area contributed by atoms with Crippen molar-refractivity contribution in [1.82, 2.24) is 14.4 Å². The van der Waals surface area contributed by atoms with E-state index < -0.39 is 0 Å². The molecule has 0 radical (unpaired) electrons. The molecule has 1 aromatic carbocycles. The third-order valence-electron chi connectivity index (χ3n) is 4.58. The Labute approximate surface area is 146 Å². The molecule has 4 rings (SSSR count). The highest BCUT2D eigenvalue weighted by molar-refractivity contribution is 7.13. The monoisotopic (exact) mass is 342 g/mol. The van der Waals surface area contributed by atoms with E-state index >= 15 is 0 Å². The first-order valence-corrected chi connectivity index (χ1v) is 9.25. The molecule has 1 aliphatic rings. The average Bonchev–Trinajstić information content (AvgIpc) is 3.23. The van der Waals surface area contributed by atoms with Crippen molar-refractivity contribution < 1.29 is 4.52 Å². The molecular formula is C18H22N4OS. The summed E-state index contributed by atoms with van der Waals surface area (Å²) in [7, 11) is 0. The summed E-state index contributed by atoms with van der Waals surface area (Å²) in [6.07, 6.45) is 0. The van der Waals surface area contributed by atoms with Gasteiger partial charge in [-0.2, -0.15) is 4.37 Å². The van der Waals surface area contributed by atoms with Crippen LogP contribution in [0.25, 0.3) is 10.1 Å². The van der Waals surface area contributed by atoms with Crippen LogP contribution in [0.1, 0.15) is 31.2 Å². The average molecular weight is 342 g/mol. The summed E-state index contributed by atoms with van der Waals surface area (Å²) >= 11 is 1.59. The van der Waals surface area contributed by atoms with Gasteiger partial charge in [0.25, 0.3) is 0 Å². The first-order chi connectivity index (χ1) is 11.7. The van der Waals surface area contributed by atoms with Crippen molar-refractivity contribution in [1.29, 1.82) is 0 Å². The van der Waals surface area contributed by atoms with Crippen LogP contribution < -0.4 is 4.90 Å². The molecule has 0 N–H and O–H groups in total. The van der Waals surface area contributed by atoms with Crippen LogP contribution in [-0.4, -0.2) is 40.6 Å². The zero-order valence-electron chi connectivity index (χ0n) is 14.1. The van der Waals surface area contributed by atoms with Gasteiger partial charge in [-0.25, -0.2) is 0 Å². The van der Waals surface area contributed by atoms with Crippen molar-refractivity contribution >= 4 is 27.4 Å². The molecule has 0 saturated carbocycles. The highest BCUT2D eigenvalue weighted by Crippen LogP contribution is 2.30. The second kappa shape index (κ2) is 6.53. The summed E-state index contributed by atoms with van der Waals surface area (Å²) in [6, 6.07) is 10.6. The number of benzene rings is 1. The molecule has 0 amide bonds. The van der Waals surface area contributed by atoms with Gasteiger partial charge >= 0.3 is 0 Å². The van der Waals surface area contributed by atoms with Gasteiger partial charge in [0.2, 0.25) is 0 Å². The van der Waals surface area contributed by atoms with Gasteiger partial charge in [0.15, 0.2) is 5.76 Å². The third-order valence-corrected chi connectivity index (χ3v) is 5.40. The zero-order chi connectivity index (χ0) is 16.5. The first kappa shape index (κ1) is 15.6. The number of nitrogens with zero attached hydrogens (tertiary/aromatic N) is 4. The molecule has 126 valence electrons. The van der Waals surface area contributed by atoms with Crippen molar-refractivity contribution in [3.05, 3.63) is 41.8 Å². The highest BCUT2D eigenvalue weighted by atomic mass is 32.1. The van der Waals surface area contributed by atoms with Crippen LogP contribution in [0.4, 0.5) is 5.82 Å². The van der Waals surface area contributed by atoms with Crippen molar-refractivity contribution in [2.24, 2.45) is 0 Å². The number of fused-ring (bicyclic) bond motifs is 1. The van der Waals surface area contributed by atoms with Crippen LogP contribution >= 0.6 is 11.5 Å². The predicted molar refractivity (Wildman–Crippen MR) is 97.7 cm³/mol. The zero-order valence-corrected chi connectivity index (χ0v) is 14.9. The highest BCUT2D eigenvalue weighted by Gasteiger charge is 2.21. The SMILES string of the molecule is CC(C)c1cc(CN2CCN(c3nsc4ccccc34)CC2)on1. The lowest BCUT2D eigenvalue weighted by Crippen LogP contribution is -2.46. The molecule has 0 unspecified atom stereocenters. The Bertz CT molecular complexity index is 817. The Morgan fingerprint density at radius 1 is 1.17 bits per heavy atom. The number of aromatic nitrogens is 2. The molecule has 3 aromatic rings. The van der Waals surface area contributed by atoms with Crippen LogP contribution in [0.5, 0.6) is 0 Å². The number of hydrogen-bond donors (Lipinski definition) is 0. The van der Waals surface area contributed by atoms with Gasteiger partial charge in [0, 0.05) is 37.6 Å². The number of piperazine rings is 1. The van der Waals surface area contributed by atoms with Gasteiger partial charge in [-0.05, 0) is 29.6 Å². The van der Waals surface area contributed by atoms with Gasteiger partial charge in [0.1, 0.15) is 5.82 Å². The van der Waals surface area contributed by atoms with Crippen LogP contribution in [0, 0.1) is 0 Å². The molecule has 0 spiro atoms. The van der Waals surface area contributed by atoms with E-state index in [1.165, 1.54) is 10.1 Å². The molecule has 0 atom stereocenters. The van der Waals surface area contributed by atoms with Crippen LogP contribution in [0.15, 0.2) is 34.9 Å². The number of anilines is 1. The maximum absolute atomic E-state index is 5.47. The quantitative estimate of drug-likeness (QED) is 0.723. The van der Waals surface area contributed by atoms with E-state index in [1.54, 1.807) is 11.5 Å². The van der Waals surface area contributed by atoms with Gasteiger partial charge in [-0.3, -0.25) is 4.90 Å². The Hall–Kier alpha value is -1.92. The van der Waals surface area contributed by atoms with E-state index in [2.05, 4.69) is 63.5 Å². The lowest BCUT2D eigenvalue weighted by atomic mass is 10.1. The van der Waals surface area contributed by atoms with Crippen LogP contribution in [-0.2, 0) is 6.54 Å². The largest absolute Gasteiger partial charge is 0.360 e. The fourth-order valence-corrected chi connectivity index (χ4v) is 3.91. The van der Waals surface area contributed by atoms with E-state index in [9.17, 15) is 0 Å². The fraction of sp³-hybridized carbons (Fsp3) is 0.444. The second-order valence-electron chi connectivity index (χ2n) is 6.64. The Morgan fingerprint density at radius 2 is 1.96 bits per heavy atom. The summed E-state index contributed by atoms with van der Waals surface area (Å²) in [5.74, 6) is 2.51. The molecule has 3 heterocycles. The summed E-state index contributed by atoms with van der Waals surface area (Å²) in [5, 5.41) is 5.42. The number of hydrogen-bond acceptors (Lipinski definition) is 6. The van der Waals surface area contributed by atoms with E-state index in [1.807, 2.05) is 0 Å². The molecule has 6 heteroatoms. The Kier molecular flexibility index (Phi) is 4.24. The van der Waals surface area contributed by atoms with Gasteiger partial charge < -0.3 is 9.42 Å². The predicted octanol–water partition coefficient (Wildman–Crippen LogP) is 3.73. The van der Waals surface area contributed by atoms with Crippen molar-refractivity contribution in [3.8, 4) is 0 Å². The molecule has 2 aromatic heterocycles. The maximum Gasteiger partial charge on any atom is 0.150 e. The van der Waals surface area contributed by atoms with Crippen molar-refractivity contribution in [2.45, 2.75) is 26.3 Å². The minimum atomic E-state index is 0.414. The molecule has 0 bridgehead atoms. The first-order valence-electron chi connectivity index (χ1n) is 8.48. The molecule has 1 fully saturated rings. The molecular weight excluding hydrogens is 320 g/mol. The van der Waals surface area contributed by atoms with Crippen molar-refractivity contribution in [2.75, 3.05) is 31.1 Å². The smallest absolute Gasteiger partial charge is 0.150 e. The number of rotatable bonds is 4. The fourth-order valence-electron chi connectivity index (χ4n) is 3.11. The minimum absolute atomic E-state index is 0.414. The van der Waals surface area contributed by atoms with E-state index in [0.717, 1.165) is 50.0 Å². The summed E-state index contributed by atoms with van der Waals surface area (Å²) in [6.45, 7) is 9.15. The molecule has 0 aliphatic carbocycles. The third kappa shape index (κ3) is 3.03. The van der Waals surface area contributed by atoms with Gasteiger partial charge in [0.05, 0.1) is 16.9 Å². The summed E-state index contributed by atoms with van der Waals surface area (Å²) in [5.41, 5.74) is 1.04. The Balaban J connectivity index is 1.39. The van der Waals surface area contributed by atoms with Crippen molar-refractivity contribution in [3.63, 3.8) is 0 Å². The van der Waals surface area contributed by atoms with Crippen LogP contribution in [0.2, 0.25) is 0 Å². The lowest BCUT2D eigenvalue weighted by Gasteiger charge is -2.34. The second-order valence-corrected chi connectivity index (χ2v) is 7.44. The van der Waals surface area contributed by atoms with Gasteiger partial charge in [-0.15, -0.1) is 0 Å². The van der Waals surface area contributed by atoms with Gasteiger partial charge in [-0.1, -0.05) is 31.1 Å². The molecule has 5 nitrogen and oxygen atoms in total. The molecule has 24 heavy (non-hydrogen) atoms. The topological polar surface area (TPSA) is 45.4 Å². The van der Waals surface area contributed by atoms with E-state index in [4.69, 9.17) is 4.52 Å². The van der Waals surface area contributed by atoms with E-state index in [-0.39, 0.29) is 0 Å². The Morgan fingerprint density at radius 3 is 2.71 bits per heavy atom. The molecule has 1 aliphatic heterocycles.